The number of nitrogens with zero attached hydrogens (tertiary/aromatic N) is 3. The molecule has 0 saturated heterocycles. The smallest absolute Gasteiger partial charge is 0.321 e. The van der Waals surface area contributed by atoms with Gasteiger partial charge in [0.2, 0.25) is 0 Å². The van der Waals surface area contributed by atoms with Crippen molar-refractivity contribution in [3.8, 4) is 16.9 Å². The van der Waals surface area contributed by atoms with Crippen molar-refractivity contribution in [3.63, 3.8) is 0 Å². The Labute approximate surface area is 252 Å². The van der Waals surface area contributed by atoms with E-state index in [9.17, 15) is 14.7 Å². The molecular formula is C34H40N4O5. The third-order valence-electron chi connectivity index (χ3n) is 8.35. The van der Waals surface area contributed by atoms with E-state index in [1.165, 1.54) is 0 Å². The summed E-state index contributed by atoms with van der Waals surface area (Å²) >= 11 is 0. The van der Waals surface area contributed by atoms with Gasteiger partial charge in [0.05, 0.1) is 32.5 Å². The SMILES string of the molecule is COc1cccc(NC(=O)N(C)C[C@@H]2OCc3ccccc3-c3c(n(C)c4ccccc34)C(=O)N([C@@H](C)CO)C[C@H]2C)c1. The van der Waals surface area contributed by atoms with E-state index in [1.807, 2.05) is 86.1 Å². The molecule has 5 rings (SSSR count). The minimum atomic E-state index is -0.424. The van der Waals surface area contributed by atoms with Crippen LogP contribution in [0.5, 0.6) is 5.75 Å². The van der Waals surface area contributed by atoms with Crippen LogP contribution in [0, 0.1) is 5.92 Å². The molecule has 226 valence electrons. The molecule has 3 amide bonds. The van der Waals surface area contributed by atoms with Gasteiger partial charge in [-0.05, 0) is 36.2 Å². The fourth-order valence-electron chi connectivity index (χ4n) is 5.80. The standard InChI is InChI=1S/C34H40N4O5/c1-22-18-38(23(2)20-39)33(40)32-31(28-15-8-9-16-29(28)37(32)4)27-14-7-6-11-24(27)21-43-30(22)19-36(3)34(41)35-25-12-10-13-26(17-25)42-5/h6-17,22-23,30,39H,18-21H2,1-5H3,(H,35,41)/t22-,23+,30+/m1/s1. The van der Waals surface area contributed by atoms with Gasteiger partial charge >= 0.3 is 6.03 Å². The number of amides is 3. The van der Waals surface area contributed by atoms with Crippen LogP contribution in [0.15, 0.2) is 72.8 Å². The zero-order valence-corrected chi connectivity index (χ0v) is 25.4. The number of methoxy groups -OCH3 is 1. The number of benzene rings is 3. The molecular weight excluding hydrogens is 544 g/mol. The van der Waals surface area contributed by atoms with Gasteiger partial charge in [0.1, 0.15) is 11.4 Å². The molecule has 2 N–H and O–H groups in total. The number of fused-ring (bicyclic) bond motifs is 5. The van der Waals surface area contributed by atoms with Crippen LogP contribution >= 0.6 is 0 Å². The molecule has 0 spiro atoms. The van der Waals surface area contributed by atoms with Crippen LogP contribution in [0.1, 0.15) is 29.9 Å². The Kier molecular flexibility index (Phi) is 9.03. The molecule has 3 atom stereocenters. The van der Waals surface area contributed by atoms with Gasteiger partial charge in [-0.25, -0.2) is 4.79 Å². The Morgan fingerprint density at radius 2 is 1.88 bits per heavy atom. The van der Waals surface area contributed by atoms with Crippen LogP contribution in [-0.4, -0.2) is 77.4 Å². The third kappa shape index (κ3) is 6.09. The Morgan fingerprint density at radius 1 is 1.14 bits per heavy atom. The lowest BCUT2D eigenvalue weighted by molar-refractivity contribution is -0.0179. The topological polar surface area (TPSA) is 96.3 Å². The van der Waals surface area contributed by atoms with Gasteiger partial charge in [-0.2, -0.15) is 0 Å². The number of carbonyl (C=O) groups is 2. The number of anilines is 1. The number of para-hydroxylation sites is 1. The zero-order chi connectivity index (χ0) is 30.7. The highest BCUT2D eigenvalue weighted by molar-refractivity contribution is 6.10. The molecule has 43 heavy (non-hydrogen) atoms. The quantitative estimate of drug-likeness (QED) is 0.318. The maximum atomic E-state index is 14.5. The predicted molar refractivity (Wildman–Crippen MR) is 168 cm³/mol. The van der Waals surface area contributed by atoms with E-state index < -0.39 is 12.1 Å². The van der Waals surface area contributed by atoms with Crippen molar-refractivity contribution in [2.24, 2.45) is 13.0 Å². The van der Waals surface area contributed by atoms with Crippen LogP contribution in [0.4, 0.5) is 10.5 Å². The van der Waals surface area contributed by atoms with Gasteiger partial charge in [-0.3, -0.25) is 4.79 Å². The zero-order valence-electron chi connectivity index (χ0n) is 25.4. The molecule has 4 aromatic rings. The number of aliphatic hydroxyl groups is 1. The first kappa shape index (κ1) is 30.1. The minimum absolute atomic E-state index is 0.151. The normalized spacial score (nSPS) is 17.9. The molecule has 0 fully saturated rings. The molecule has 1 aliphatic heterocycles. The summed E-state index contributed by atoms with van der Waals surface area (Å²) in [5.74, 6) is 0.339. The largest absolute Gasteiger partial charge is 0.497 e. The Bertz CT molecular complexity index is 1620. The maximum Gasteiger partial charge on any atom is 0.321 e. The van der Waals surface area contributed by atoms with E-state index in [4.69, 9.17) is 9.47 Å². The Balaban J connectivity index is 1.52. The molecule has 9 heteroatoms. The number of nitrogens with one attached hydrogen (secondary N) is 1. The molecule has 1 aromatic heterocycles. The lowest BCUT2D eigenvalue weighted by atomic mass is 9.96. The van der Waals surface area contributed by atoms with Crippen molar-refractivity contribution in [1.29, 1.82) is 0 Å². The van der Waals surface area contributed by atoms with E-state index >= 15 is 0 Å². The lowest BCUT2D eigenvalue weighted by Crippen LogP contribution is -2.48. The number of likely N-dealkylation sites (N-methyl/N-ethyl adjacent to an activating group) is 1. The number of aromatic nitrogens is 1. The lowest BCUT2D eigenvalue weighted by Gasteiger charge is -2.35. The second-order valence-corrected chi connectivity index (χ2v) is 11.3. The first-order chi connectivity index (χ1) is 20.7. The number of aryl methyl sites for hydroxylation is 1. The number of ether oxygens (including phenoxy) is 2. The van der Waals surface area contributed by atoms with E-state index in [0.29, 0.717) is 36.8 Å². The first-order valence-corrected chi connectivity index (χ1v) is 14.6. The van der Waals surface area contributed by atoms with Crippen molar-refractivity contribution in [1.82, 2.24) is 14.4 Å². The number of urea groups is 1. The summed E-state index contributed by atoms with van der Waals surface area (Å²) in [6.45, 7) is 4.64. The van der Waals surface area contributed by atoms with Crippen molar-refractivity contribution in [2.45, 2.75) is 32.6 Å². The number of hydrogen-bond acceptors (Lipinski definition) is 5. The summed E-state index contributed by atoms with van der Waals surface area (Å²) in [7, 11) is 5.23. The van der Waals surface area contributed by atoms with Crippen molar-refractivity contribution in [2.75, 3.05) is 39.2 Å². The molecule has 0 bridgehead atoms. The summed E-state index contributed by atoms with van der Waals surface area (Å²) in [5, 5.41) is 14.1. The molecule has 0 aliphatic carbocycles. The molecule has 3 aromatic carbocycles. The molecule has 2 heterocycles. The molecule has 9 nitrogen and oxygen atoms in total. The number of carbonyl (C=O) groups excluding carboxylic acids is 2. The number of aliphatic hydroxyl groups excluding tert-OH is 1. The van der Waals surface area contributed by atoms with Crippen molar-refractivity contribution < 1.29 is 24.2 Å². The summed E-state index contributed by atoms with van der Waals surface area (Å²) in [6, 6.07) is 22.5. The van der Waals surface area contributed by atoms with Crippen LogP contribution in [-0.2, 0) is 18.4 Å². The summed E-state index contributed by atoms with van der Waals surface area (Å²) < 4.78 is 13.8. The number of rotatable bonds is 6. The Hall–Kier alpha value is -4.34. The maximum absolute atomic E-state index is 14.5. The van der Waals surface area contributed by atoms with Crippen LogP contribution in [0.3, 0.4) is 0 Å². The molecule has 0 radical (unpaired) electrons. The van der Waals surface area contributed by atoms with E-state index in [1.54, 1.807) is 36.1 Å². The second kappa shape index (κ2) is 12.9. The van der Waals surface area contributed by atoms with Gasteiger partial charge in [-0.15, -0.1) is 0 Å². The third-order valence-corrected chi connectivity index (χ3v) is 8.35. The monoisotopic (exact) mass is 584 g/mol. The second-order valence-electron chi connectivity index (χ2n) is 11.3. The average molecular weight is 585 g/mol. The van der Waals surface area contributed by atoms with Gasteiger partial charge in [0.15, 0.2) is 0 Å². The summed E-state index contributed by atoms with van der Waals surface area (Å²) in [4.78, 5) is 31.0. The highest BCUT2D eigenvalue weighted by atomic mass is 16.5. The Morgan fingerprint density at radius 3 is 2.65 bits per heavy atom. The van der Waals surface area contributed by atoms with Crippen LogP contribution < -0.4 is 10.1 Å². The van der Waals surface area contributed by atoms with E-state index in [-0.39, 0.29) is 24.5 Å². The number of hydrogen-bond donors (Lipinski definition) is 2. The molecule has 1 aliphatic rings. The fourth-order valence-corrected chi connectivity index (χ4v) is 5.80. The highest BCUT2D eigenvalue weighted by Crippen LogP contribution is 2.38. The van der Waals surface area contributed by atoms with E-state index in [0.717, 1.165) is 27.6 Å². The van der Waals surface area contributed by atoms with Gasteiger partial charge in [-0.1, -0.05) is 55.5 Å². The van der Waals surface area contributed by atoms with Crippen LogP contribution in [0.25, 0.3) is 22.0 Å². The van der Waals surface area contributed by atoms with Gasteiger partial charge in [0, 0.05) is 61.3 Å². The van der Waals surface area contributed by atoms with Crippen LogP contribution in [0.2, 0.25) is 0 Å². The average Bonchev–Trinajstić information content (AvgIpc) is 3.32. The van der Waals surface area contributed by atoms with E-state index in [2.05, 4.69) is 5.32 Å². The van der Waals surface area contributed by atoms with Gasteiger partial charge in [0.25, 0.3) is 5.91 Å². The molecule has 0 unspecified atom stereocenters. The predicted octanol–water partition coefficient (Wildman–Crippen LogP) is 5.38. The summed E-state index contributed by atoms with van der Waals surface area (Å²) in [5.41, 5.74) is 4.90. The van der Waals surface area contributed by atoms with Crippen molar-refractivity contribution in [3.05, 3.63) is 84.1 Å². The first-order valence-electron chi connectivity index (χ1n) is 14.6. The van der Waals surface area contributed by atoms with Crippen molar-refractivity contribution >= 4 is 28.5 Å². The summed E-state index contributed by atoms with van der Waals surface area (Å²) in [6.07, 6.45) is -0.395. The minimum Gasteiger partial charge on any atom is -0.497 e. The van der Waals surface area contributed by atoms with Gasteiger partial charge < -0.3 is 34.3 Å². The molecule has 0 saturated carbocycles. The fraction of sp³-hybridized carbons (Fsp3) is 0.353. The highest BCUT2D eigenvalue weighted by Gasteiger charge is 2.34.